The van der Waals surface area contributed by atoms with Crippen molar-refractivity contribution in [2.45, 2.75) is 32.2 Å². The molecule has 1 aromatic rings. The predicted molar refractivity (Wildman–Crippen MR) is 108 cm³/mol. The zero-order valence-electron chi connectivity index (χ0n) is 16.5. The van der Waals surface area contributed by atoms with Gasteiger partial charge >= 0.3 is 0 Å². The maximum atomic E-state index is 12.3. The summed E-state index contributed by atoms with van der Waals surface area (Å²) < 4.78 is 0. The molecule has 2 N–H and O–H groups in total. The summed E-state index contributed by atoms with van der Waals surface area (Å²) in [5.74, 6) is 1.04. The van der Waals surface area contributed by atoms with Gasteiger partial charge in [0, 0.05) is 38.4 Å². The minimum atomic E-state index is -0.0464. The fourth-order valence-corrected chi connectivity index (χ4v) is 4.03. The van der Waals surface area contributed by atoms with Crippen LogP contribution in [-0.4, -0.2) is 48.2 Å². The number of nitrogens with zero attached hydrogens (tertiary/aromatic N) is 2. The van der Waals surface area contributed by atoms with Crippen molar-refractivity contribution >= 4 is 17.6 Å². The van der Waals surface area contributed by atoms with Crippen LogP contribution in [0.15, 0.2) is 52.7 Å². The molecule has 3 aliphatic rings. The molecule has 0 saturated carbocycles. The first kappa shape index (κ1) is 19.2. The van der Waals surface area contributed by atoms with Crippen molar-refractivity contribution in [3.8, 4) is 5.75 Å². The minimum absolute atomic E-state index is 0.0103. The maximum Gasteiger partial charge on any atom is 0.253 e. The molecule has 2 aliphatic heterocycles. The molecule has 1 aromatic carbocycles. The van der Waals surface area contributed by atoms with Gasteiger partial charge < -0.3 is 20.6 Å². The average Bonchev–Trinajstić information content (AvgIpc) is 2.98. The molecule has 0 spiro atoms. The molecule has 0 aromatic heterocycles. The zero-order chi connectivity index (χ0) is 20.4. The number of hydrogen-bond acceptors (Lipinski definition) is 5. The Hall–Kier alpha value is -3.09. The third kappa shape index (κ3) is 4.04. The second-order valence-electron chi connectivity index (χ2n) is 7.66. The van der Waals surface area contributed by atoms with Crippen molar-refractivity contribution in [1.82, 2.24) is 15.5 Å². The number of aliphatic imine (C=N–C) groups is 1. The Labute approximate surface area is 170 Å². The number of rotatable bonds is 6. The van der Waals surface area contributed by atoms with Gasteiger partial charge in [-0.15, -0.1) is 5.75 Å². The van der Waals surface area contributed by atoms with Crippen molar-refractivity contribution in [2.75, 3.05) is 19.6 Å². The lowest BCUT2D eigenvalue weighted by molar-refractivity contribution is -0.268. The number of amidine groups is 1. The topological polar surface area (TPSA) is 96.9 Å². The van der Waals surface area contributed by atoms with Gasteiger partial charge in [-0.05, 0) is 12.0 Å². The van der Waals surface area contributed by atoms with Crippen LogP contribution in [0.4, 0.5) is 0 Å². The maximum absolute atomic E-state index is 12.3. The van der Waals surface area contributed by atoms with E-state index in [2.05, 4.69) is 22.5 Å². The molecule has 2 heterocycles. The number of nitrogens with one attached hydrogen (secondary N) is 2. The van der Waals surface area contributed by atoms with E-state index < -0.39 is 0 Å². The number of amides is 2. The summed E-state index contributed by atoms with van der Waals surface area (Å²) in [5, 5.41) is 17.0. The summed E-state index contributed by atoms with van der Waals surface area (Å²) in [7, 11) is 0. The summed E-state index contributed by atoms with van der Waals surface area (Å²) in [6, 6.07) is 6.61. The highest BCUT2D eigenvalue weighted by Gasteiger charge is 2.39. The fraction of sp³-hybridized carbons (Fsp3) is 0.409. The molecule has 7 heteroatoms. The number of carbonyl (C=O) groups is 2. The molecular formula is C22H25N4O3-. The zero-order valence-corrected chi connectivity index (χ0v) is 16.5. The number of hydrogen-bond donors (Lipinski definition) is 2. The average molecular weight is 393 g/mol. The molecule has 0 fully saturated rings. The Balaban J connectivity index is 1.33. The van der Waals surface area contributed by atoms with Gasteiger partial charge in [-0.2, -0.15) is 0 Å². The van der Waals surface area contributed by atoms with E-state index in [9.17, 15) is 14.7 Å². The summed E-state index contributed by atoms with van der Waals surface area (Å²) in [6.07, 6.45) is 5.52. The summed E-state index contributed by atoms with van der Waals surface area (Å²) in [6.45, 7) is 3.88. The highest BCUT2D eigenvalue weighted by atomic mass is 16.3. The molecule has 0 saturated heterocycles. The highest BCUT2D eigenvalue weighted by molar-refractivity contribution is 6.00. The van der Waals surface area contributed by atoms with Crippen LogP contribution in [0, 0.1) is 5.92 Å². The van der Waals surface area contributed by atoms with E-state index in [4.69, 9.17) is 4.99 Å². The van der Waals surface area contributed by atoms with E-state index in [1.54, 1.807) is 12.1 Å². The van der Waals surface area contributed by atoms with Crippen molar-refractivity contribution in [1.29, 1.82) is 0 Å². The highest BCUT2D eigenvalue weighted by Crippen LogP contribution is 2.36. The molecule has 7 nitrogen and oxygen atoms in total. The number of carbonyl (C=O) groups excluding carboxylic acids is 2. The molecule has 0 radical (unpaired) electrons. The minimum Gasteiger partial charge on any atom is -0.872 e. The van der Waals surface area contributed by atoms with Crippen LogP contribution < -0.4 is 15.7 Å². The van der Waals surface area contributed by atoms with Crippen LogP contribution >= 0.6 is 0 Å². The Kier molecular flexibility index (Phi) is 5.38. The smallest absolute Gasteiger partial charge is 0.253 e. The molecular weight excluding hydrogens is 368 g/mol. The van der Waals surface area contributed by atoms with E-state index in [1.807, 2.05) is 12.2 Å². The van der Waals surface area contributed by atoms with Gasteiger partial charge in [0.05, 0.1) is 17.3 Å². The van der Waals surface area contributed by atoms with Gasteiger partial charge in [-0.1, -0.05) is 43.3 Å². The van der Waals surface area contributed by atoms with Crippen LogP contribution in [-0.2, 0) is 16.0 Å². The first-order chi connectivity index (χ1) is 14.0. The Morgan fingerprint density at radius 2 is 2.10 bits per heavy atom. The van der Waals surface area contributed by atoms with Gasteiger partial charge in [0.1, 0.15) is 5.84 Å². The Morgan fingerprint density at radius 1 is 1.31 bits per heavy atom. The van der Waals surface area contributed by atoms with E-state index in [-0.39, 0.29) is 29.5 Å². The van der Waals surface area contributed by atoms with Crippen molar-refractivity contribution in [2.24, 2.45) is 10.9 Å². The second kappa shape index (κ2) is 8.11. The van der Waals surface area contributed by atoms with Crippen molar-refractivity contribution in [3.63, 3.8) is 0 Å². The van der Waals surface area contributed by atoms with Crippen molar-refractivity contribution in [3.05, 3.63) is 53.3 Å². The van der Waals surface area contributed by atoms with E-state index in [0.29, 0.717) is 44.5 Å². The lowest BCUT2D eigenvalue weighted by Crippen LogP contribution is -2.34. The number of benzene rings is 1. The molecule has 2 unspecified atom stereocenters. The molecule has 4 rings (SSSR count). The van der Waals surface area contributed by atoms with Gasteiger partial charge in [0.15, 0.2) is 0 Å². The summed E-state index contributed by atoms with van der Waals surface area (Å²) in [5.41, 5.74) is 2.70. The predicted octanol–water partition coefficient (Wildman–Crippen LogP) is 0.872. The summed E-state index contributed by atoms with van der Waals surface area (Å²) in [4.78, 5) is 31.6. The quantitative estimate of drug-likeness (QED) is 0.750. The largest absolute Gasteiger partial charge is 0.872 e. The molecule has 0 bridgehead atoms. The molecule has 29 heavy (non-hydrogen) atoms. The van der Waals surface area contributed by atoms with Crippen LogP contribution in [0.25, 0.3) is 0 Å². The van der Waals surface area contributed by atoms with Gasteiger partial charge in [0.25, 0.3) is 5.91 Å². The molecule has 152 valence electrons. The lowest BCUT2D eigenvalue weighted by atomic mass is 9.90. The first-order valence-corrected chi connectivity index (χ1v) is 10.1. The first-order valence-electron chi connectivity index (χ1n) is 10.1. The Morgan fingerprint density at radius 3 is 2.90 bits per heavy atom. The van der Waals surface area contributed by atoms with Crippen LogP contribution in [0.3, 0.4) is 0 Å². The van der Waals surface area contributed by atoms with Crippen LogP contribution in [0.5, 0.6) is 5.75 Å². The monoisotopic (exact) mass is 393 g/mol. The van der Waals surface area contributed by atoms with Gasteiger partial charge in [0.2, 0.25) is 5.91 Å². The van der Waals surface area contributed by atoms with Crippen LogP contribution in [0.2, 0.25) is 0 Å². The van der Waals surface area contributed by atoms with E-state index >= 15 is 0 Å². The molecule has 2 atom stereocenters. The standard InChI is InChI=1S/C22H26N4O3/c1-14-2-7-17-21-20(14)25-18(26(21)13-12-24-22(17)29)8-9-19(28)23-11-10-15-3-5-16(27)6-4-15/h2-7,14,20,27H,8-13H2,1H3,(H,23,28)(H,24,29)/p-1. The SMILES string of the molecule is CC1C=CC2=C3C1N=C(CCC(=O)NCCc1ccc([O-])cc1)N3CCNC2=O. The molecule has 2 amide bonds. The molecule has 1 aliphatic carbocycles. The summed E-state index contributed by atoms with van der Waals surface area (Å²) >= 11 is 0. The second-order valence-corrected chi connectivity index (χ2v) is 7.66. The Bertz CT molecular complexity index is 901. The van der Waals surface area contributed by atoms with Gasteiger partial charge in [-0.3, -0.25) is 14.6 Å². The van der Waals surface area contributed by atoms with Gasteiger partial charge in [-0.25, -0.2) is 0 Å². The normalized spacial score (nSPS) is 22.7. The third-order valence-electron chi connectivity index (χ3n) is 5.61. The van der Waals surface area contributed by atoms with E-state index in [0.717, 1.165) is 17.1 Å². The van der Waals surface area contributed by atoms with Crippen LogP contribution in [0.1, 0.15) is 25.3 Å². The van der Waals surface area contributed by atoms with Crippen molar-refractivity contribution < 1.29 is 14.7 Å². The van der Waals surface area contributed by atoms with E-state index in [1.165, 1.54) is 12.1 Å². The lowest BCUT2D eigenvalue weighted by Gasteiger charge is -2.26. The third-order valence-corrected chi connectivity index (χ3v) is 5.61. The fourth-order valence-electron chi connectivity index (χ4n) is 4.03.